The van der Waals surface area contributed by atoms with E-state index in [-0.39, 0.29) is 0 Å². The summed E-state index contributed by atoms with van der Waals surface area (Å²) in [5.41, 5.74) is 1.70. The van der Waals surface area contributed by atoms with Crippen LogP contribution in [0.2, 0.25) is 0 Å². The molecule has 3 nitrogen and oxygen atoms in total. The van der Waals surface area contributed by atoms with Gasteiger partial charge in [0.15, 0.2) is 6.29 Å². The fraction of sp³-hybridized carbons (Fsp3) is 0.214. The first-order chi connectivity index (χ1) is 8.17. The lowest BCUT2D eigenvalue weighted by Crippen LogP contribution is -2.08. The third kappa shape index (κ3) is 1.96. The largest absolute Gasteiger partial charge is 0.495 e. The van der Waals surface area contributed by atoms with Crippen LogP contribution in [0.5, 0.6) is 5.75 Å². The first-order valence-electron chi connectivity index (χ1n) is 5.40. The number of fused-ring (bicyclic) bond motifs is 1. The number of benzene rings is 2. The number of rotatable bonds is 3. The van der Waals surface area contributed by atoms with Crippen LogP contribution in [0.25, 0.3) is 10.8 Å². The Morgan fingerprint density at radius 2 is 1.94 bits per heavy atom. The molecule has 0 fully saturated rings. The van der Waals surface area contributed by atoms with Crippen LogP contribution in [0.15, 0.2) is 30.3 Å². The van der Waals surface area contributed by atoms with E-state index in [4.69, 9.17) is 4.74 Å². The summed E-state index contributed by atoms with van der Waals surface area (Å²) >= 11 is 0. The number of hydrogen-bond donors (Lipinski definition) is 0. The Morgan fingerprint density at radius 1 is 1.18 bits per heavy atom. The fourth-order valence-electron chi connectivity index (χ4n) is 1.90. The molecule has 0 amide bonds. The lowest BCUT2D eigenvalue weighted by atomic mass is 10.0. The van der Waals surface area contributed by atoms with E-state index >= 15 is 0 Å². The van der Waals surface area contributed by atoms with E-state index in [1.807, 2.05) is 37.2 Å². The molecule has 0 radical (unpaired) electrons. The summed E-state index contributed by atoms with van der Waals surface area (Å²) in [6.07, 6.45) is 0.818. The van der Waals surface area contributed by atoms with Crippen molar-refractivity contribution in [3.63, 3.8) is 0 Å². The number of nitrogens with zero attached hydrogens (tertiary/aromatic N) is 1. The quantitative estimate of drug-likeness (QED) is 0.758. The zero-order valence-corrected chi connectivity index (χ0v) is 10.2. The summed E-state index contributed by atoms with van der Waals surface area (Å²) in [6.45, 7) is 0. The molecular weight excluding hydrogens is 214 g/mol. The summed E-state index contributed by atoms with van der Waals surface area (Å²) in [5, 5.41) is 2.03. The van der Waals surface area contributed by atoms with Gasteiger partial charge in [-0.2, -0.15) is 0 Å². The third-order valence-corrected chi connectivity index (χ3v) is 2.83. The highest BCUT2D eigenvalue weighted by atomic mass is 16.5. The average Bonchev–Trinajstić information content (AvgIpc) is 2.36. The van der Waals surface area contributed by atoms with Gasteiger partial charge in [-0.1, -0.05) is 6.07 Å². The topological polar surface area (TPSA) is 29.5 Å². The molecule has 0 heterocycles. The van der Waals surface area contributed by atoms with Crippen molar-refractivity contribution in [2.45, 2.75) is 0 Å². The number of hydrogen-bond acceptors (Lipinski definition) is 3. The molecule has 2 aromatic rings. The Balaban J connectivity index is 2.70. The monoisotopic (exact) mass is 229 g/mol. The second-order valence-electron chi connectivity index (χ2n) is 4.11. The predicted octanol–water partition coefficient (Wildman–Crippen LogP) is 2.73. The first kappa shape index (κ1) is 11.5. The summed E-state index contributed by atoms with van der Waals surface area (Å²) in [7, 11) is 5.58. The molecule has 0 saturated carbocycles. The second kappa shape index (κ2) is 4.45. The van der Waals surface area contributed by atoms with Crippen LogP contribution in [0.4, 0.5) is 5.69 Å². The molecule has 17 heavy (non-hydrogen) atoms. The molecular formula is C14H15NO2. The van der Waals surface area contributed by atoms with Crippen molar-refractivity contribution in [1.29, 1.82) is 0 Å². The van der Waals surface area contributed by atoms with Crippen molar-refractivity contribution in [2.24, 2.45) is 0 Å². The molecule has 0 aliphatic heterocycles. The number of carbonyl (C=O) groups is 1. The van der Waals surface area contributed by atoms with Crippen LogP contribution < -0.4 is 9.64 Å². The number of ether oxygens (including phenoxy) is 1. The average molecular weight is 229 g/mol. The summed E-state index contributed by atoms with van der Waals surface area (Å²) in [4.78, 5) is 13.0. The van der Waals surface area contributed by atoms with Gasteiger partial charge in [-0.3, -0.25) is 4.79 Å². The van der Waals surface area contributed by atoms with Crippen LogP contribution in [-0.2, 0) is 0 Å². The fourth-order valence-corrected chi connectivity index (χ4v) is 1.90. The van der Waals surface area contributed by atoms with Gasteiger partial charge in [0.1, 0.15) is 5.75 Å². The molecule has 2 aromatic carbocycles. The van der Waals surface area contributed by atoms with Gasteiger partial charge in [-0.05, 0) is 29.7 Å². The minimum Gasteiger partial charge on any atom is -0.495 e. The van der Waals surface area contributed by atoms with Crippen molar-refractivity contribution in [2.75, 3.05) is 26.1 Å². The maximum atomic E-state index is 10.9. The smallest absolute Gasteiger partial charge is 0.153 e. The maximum Gasteiger partial charge on any atom is 0.153 e. The van der Waals surface area contributed by atoms with E-state index in [0.29, 0.717) is 11.3 Å². The molecule has 0 aliphatic rings. The van der Waals surface area contributed by atoms with Crippen LogP contribution >= 0.6 is 0 Å². The Labute approximate surface area is 101 Å². The van der Waals surface area contributed by atoms with Gasteiger partial charge < -0.3 is 9.64 Å². The van der Waals surface area contributed by atoms with Gasteiger partial charge in [0.05, 0.1) is 12.7 Å². The van der Waals surface area contributed by atoms with Gasteiger partial charge in [-0.25, -0.2) is 0 Å². The standard InChI is InChI=1S/C14H15NO2/c1-15(2)12-6-7-13-10(8-12)4-5-11(9-16)14(13)17-3/h4-9H,1-3H3. The molecule has 88 valence electrons. The summed E-state index contributed by atoms with van der Waals surface area (Å²) < 4.78 is 5.30. The van der Waals surface area contributed by atoms with Crippen molar-refractivity contribution in [3.8, 4) is 5.75 Å². The molecule has 0 atom stereocenters. The minimum absolute atomic E-state index is 0.581. The summed E-state index contributed by atoms with van der Waals surface area (Å²) in [6, 6.07) is 9.80. The van der Waals surface area contributed by atoms with Crippen LogP contribution in [0, 0.1) is 0 Å². The molecule has 0 aliphatic carbocycles. The van der Waals surface area contributed by atoms with E-state index in [1.54, 1.807) is 13.2 Å². The molecule has 0 bridgehead atoms. The first-order valence-corrected chi connectivity index (χ1v) is 5.40. The van der Waals surface area contributed by atoms with Crippen molar-refractivity contribution in [1.82, 2.24) is 0 Å². The van der Waals surface area contributed by atoms with E-state index in [1.165, 1.54) is 0 Å². The highest BCUT2D eigenvalue weighted by Crippen LogP contribution is 2.31. The molecule has 3 heteroatoms. The highest BCUT2D eigenvalue weighted by molar-refractivity contribution is 5.97. The molecule has 0 unspecified atom stereocenters. The van der Waals surface area contributed by atoms with Gasteiger partial charge in [0.2, 0.25) is 0 Å². The zero-order chi connectivity index (χ0) is 12.4. The SMILES string of the molecule is COc1c(C=O)ccc2cc(N(C)C)ccc12. The van der Waals surface area contributed by atoms with Crippen molar-refractivity contribution >= 4 is 22.7 Å². The normalized spacial score (nSPS) is 10.3. The number of methoxy groups -OCH3 is 1. The Hall–Kier alpha value is -2.03. The van der Waals surface area contributed by atoms with Crippen LogP contribution in [0.1, 0.15) is 10.4 Å². The summed E-state index contributed by atoms with van der Waals surface area (Å²) in [5.74, 6) is 0.641. The van der Waals surface area contributed by atoms with Crippen LogP contribution in [-0.4, -0.2) is 27.5 Å². The number of aldehydes is 1. The molecule has 0 saturated heterocycles. The van der Waals surface area contributed by atoms with Gasteiger partial charge >= 0.3 is 0 Å². The minimum atomic E-state index is 0.581. The third-order valence-electron chi connectivity index (χ3n) is 2.83. The van der Waals surface area contributed by atoms with Crippen molar-refractivity contribution in [3.05, 3.63) is 35.9 Å². The second-order valence-corrected chi connectivity index (χ2v) is 4.11. The van der Waals surface area contributed by atoms with Gasteiger partial charge in [0.25, 0.3) is 0 Å². The Morgan fingerprint density at radius 3 is 2.53 bits per heavy atom. The van der Waals surface area contributed by atoms with Gasteiger partial charge in [0, 0.05) is 25.2 Å². The highest BCUT2D eigenvalue weighted by Gasteiger charge is 2.08. The molecule has 2 rings (SSSR count). The number of anilines is 1. The van der Waals surface area contributed by atoms with E-state index in [2.05, 4.69) is 6.07 Å². The Bertz CT molecular complexity index is 561. The van der Waals surface area contributed by atoms with Crippen molar-refractivity contribution < 1.29 is 9.53 Å². The van der Waals surface area contributed by atoms with Gasteiger partial charge in [-0.15, -0.1) is 0 Å². The van der Waals surface area contributed by atoms with E-state index < -0.39 is 0 Å². The molecule has 0 N–H and O–H groups in total. The molecule has 0 aromatic heterocycles. The lowest BCUT2D eigenvalue weighted by Gasteiger charge is -2.14. The molecule has 0 spiro atoms. The maximum absolute atomic E-state index is 10.9. The predicted molar refractivity (Wildman–Crippen MR) is 70.2 cm³/mol. The van der Waals surface area contributed by atoms with E-state index in [9.17, 15) is 4.79 Å². The Kier molecular flexibility index (Phi) is 3.00. The van der Waals surface area contributed by atoms with E-state index in [0.717, 1.165) is 22.7 Å². The number of carbonyl (C=O) groups excluding carboxylic acids is 1. The lowest BCUT2D eigenvalue weighted by molar-refractivity contribution is 0.112. The van der Waals surface area contributed by atoms with Crippen LogP contribution in [0.3, 0.4) is 0 Å². The zero-order valence-electron chi connectivity index (χ0n) is 10.2.